The Morgan fingerprint density at radius 2 is 1.62 bits per heavy atom. The number of amides is 1. The van der Waals surface area contributed by atoms with Gasteiger partial charge in [0, 0.05) is 6.54 Å². The van der Waals surface area contributed by atoms with Crippen LogP contribution in [0, 0.1) is 0 Å². The summed E-state index contributed by atoms with van der Waals surface area (Å²) in [6.07, 6.45) is 2.52. The minimum absolute atomic E-state index is 0.124. The van der Waals surface area contributed by atoms with E-state index in [4.69, 9.17) is 9.47 Å². The van der Waals surface area contributed by atoms with Crippen LogP contribution >= 0.6 is 0 Å². The third-order valence-corrected chi connectivity index (χ3v) is 6.65. The van der Waals surface area contributed by atoms with Crippen LogP contribution in [-0.4, -0.2) is 19.6 Å². The highest BCUT2D eigenvalue weighted by Crippen LogP contribution is 2.50. The van der Waals surface area contributed by atoms with Crippen LogP contribution in [0.3, 0.4) is 0 Å². The van der Waals surface area contributed by atoms with Gasteiger partial charge in [-0.1, -0.05) is 78.9 Å². The summed E-state index contributed by atoms with van der Waals surface area (Å²) >= 11 is 0. The van der Waals surface area contributed by atoms with Gasteiger partial charge >= 0.3 is 0 Å². The zero-order valence-corrected chi connectivity index (χ0v) is 19.4. The van der Waals surface area contributed by atoms with E-state index in [1.54, 1.807) is 7.11 Å². The molecule has 34 heavy (non-hydrogen) atoms. The predicted molar refractivity (Wildman–Crippen MR) is 135 cm³/mol. The molecule has 0 aromatic heterocycles. The van der Waals surface area contributed by atoms with Crippen LogP contribution < -0.4 is 14.8 Å². The topological polar surface area (TPSA) is 47.6 Å². The summed E-state index contributed by atoms with van der Waals surface area (Å²) in [5.41, 5.74) is 2.95. The molecule has 4 nitrogen and oxygen atoms in total. The fourth-order valence-corrected chi connectivity index (χ4v) is 4.60. The van der Waals surface area contributed by atoms with Crippen LogP contribution in [0.25, 0.3) is 10.8 Å². The number of benzene rings is 4. The molecule has 1 N–H and O–H groups in total. The quantitative estimate of drug-likeness (QED) is 0.349. The fraction of sp³-hybridized carbons (Fsp3) is 0.233. The first kappa shape index (κ1) is 22.0. The summed E-state index contributed by atoms with van der Waals surface area (Å²) < 4.78 is 11.5. The number of hydrogen-bond donors (Lipinski definition) is 1. The summed E-state index contributed by atoms with van der Waals surface area (Å²) in [6.45, 7) is 1.07. The second kappa shape index (κ2) is 9.60. The zero-order valence-electron chi connectivity index (χ0n) is 19.4. The van der Waals surface area contributed by atoms with Crippen molar-refractivity contribution in [2.75, 3.05) is 13.7 Å². The maximum Gasteiger partial charge on any atom is 0.230 e. The number of rotatable bonds is 9. The van der Waals surface area contributed by atoms with Gasteiger partial charge in [-0.25, -0.2) is 0 Å². The molecule has 5 rings (SSSR count). The summed E-state index contributed by atoms with van der Waals surface area (Å²) in [6, 6.07) is 30.6. The van der Waals surface area contributed by atoms with Crippen LogP contribution in [0.1, 0.15) is 29.5 Å². The molecule has 0 bridgehead atoms. The third kappa shape index (κ3) is 4.49. The highest BCUT2D eigenvalue weighted by atomic mass is 16.5. The number of carbonyl (C=O) groups is 1. The van der Waals surface area contributed by atoms with Gasteiger partial charge < -0.3 is 14.8 Å². The molecule has 0 saturated heterocycles. The Morgan fingerprint density at radius 1 is 0.853 bits per heavy atom. The van der Waals surface area contributed by atoms with Gasteiger partial charge in [-0.15, -0.1) is 0 Å². The SMILES string of the molecule is COc1cc(CCNC(=O)C2(c3cccc4ccccc34)CC2)ccc1OCc1ccccc1. The van der Waals surface area contributed by atoms with E-state index in [-0.39, 0.29) is 5.91 Å². The average molecular weight is 452 g/mol. The summed E-state index contributed by atoms with van der Waals surface area (Å²) in [5.74, 6) is 1.54. The Labute approximate surface area is 200 Å². The summed E-state index contributed by atoms with van der Waals surface area (Å²) in [5, 5.41) is 5.54. The number of methoxy groups -OCH3 is 1. The first-order valence-electron chi connectivity index (χ1n) is 11.8. The lowest BCUT2D eigenvalue weighted by molar-refractivity contribution is -0.123. The average Bonchev–Trinajstić information content (AvgIpc) is 3.70. The molecule has 0 spiro atoms. The number of hydrogen-bond acceptors (Lipinski definition) is 3. The van der Waals surface area contributed by atoms with Gasteiger partial charge in [-0.2, -0.15) is 0 Å². The zero-order chi connectivity index (χ0) is 23.4. The maximum atomic E-state index is 13.2. The number of fused-ring (bicyclic) bond motifs is 1. The molecule has 4 aromatic carbocycles. The van der Waals surface area contributed by atoms with Crippen molar-refractivity contribution in [1.29, 1.82) is 0 Å². The van der Waals surface area contributed by atoms with Gasteiger partial charge in [-0.3, -0.25) is 4.79 Å². The van der Waals surface area contributed by atoms with Crippen molar-refractivity contribution in [3.63, 3.8) is 0 Å². The molecule has 0 heterocycles. The standard InChI is InChI=1S/C30H29NO3/c1-33-28-20-22(14-15-27(28)34-21-23-8-3-2-4-9-23)16-19-31-29(32)30(17-18-30)26-13-7-11-24-10-5-6-12-25(24)26/h2-15,20H,16-19,21H2,1H3,(H,31,32). The minimum Gasteiger partial charge on any atom is -0.493 e. The molecule has 1 saturated carbocycles. The molecule has 1 fully saturated rings. The molecule has 172 valence electrons. The first-order chi connectivity index (χ1) is 16.7. The van der Waals surface area contributed by atoms with Crippen LogP contribution in [-0.2, 0) is 23.2 Å². The lowest BCUT2D eigenvalue weighted by Crippen LogP contribution is -2.36. The van der Waals surface area contributed by atoms with Crippen molar-refractivity contribution >= 4 is 16.7 Å². The molecule has 1 aliphatic rings. The highest BCUT2D eigenvalue weighted by Gasteiger charge is 2.51. The van der Waals surface area contributed by atoms with Gasteiger partial charge in [0.15, 0.2) is 11.5 Å². The Bertz CT molecular complexity index is 1290. The first-order valence-corrected chi connectivity index (χ1v) is 11.8. The molecule has 1 aliphatic carbocycles. The van der Waals surface area contributed by atoms with Crippen LogP contribution in [0.15, 0.2) is 91.0 Å². The van der Waals surface area contributed by atoms with E-state index in [9.17, 15) is 4.79 Å². The Morgan fingerprint density at radius 3 is 2.41 bits per heavy atom. The van der Waals surface area contributed by atoms with Crippen LogP contribution in [0.4, 0.5) is 0 Å². The highest BCUT2D eigenvalue weighted by molar-refractivity contribution is 5.98. The molecule has 0 aliphatic heterocycles. The fourth-order valence-electron chi connectivity index (χ4n) is 4.60. The Kier molecular flexibility index (Phi) is 6.22. The van der Waals surface area contributed by atoms with Crippen molar-refractivity contribution in [2.45, 2.75) is 31.3 Å². The molecule has 4 heteroatoms. The monoisotopic (exact) mass is 451 g/mol. The van der Waals surface area contributed by atoms with Crippen molar-refractivity contribution in [2.24, 2.45) is 0 Å². The maximum absolute atomic E-state index is 13.2. The molecule has 0 unspecified atom stereocenters. The molecule has 4 aromatic rings. The van der Waals surface area contributed by atoms with E-state index in [2.05, 4.69) is 35.6 Å². The smallest absolute Gasteiger partial charge is 0.230 e. The number of nitrogens with one attached hydrogen (secondary N) is 1. The summed E-state index contributed by atoms with van der Waals surface area (Å²) in [7, 11) is 1.65. The lowest BCUT2D eigenvalue weighted by atomic mass is 9.90. The molecule has 0 radical (unpaired) electrons. The number of ether oxygens (including phenoxy) is 2. The van der Waals surface area contributed by atoms with Crippen molar-refractivity contribution in [3.05, 3.63) is 108 Å². The third-order valence-electron chi connectivity index (χ3n) is 6.65. The molecule has 1 amide bonds. The van der Waals surface area contributed by atoms with E-state index in [0.717, 1.165) is 36.0 Å². The Balaban J connectivity index is 1.21. The van der Waals surface area contributed by atoms with Crippen LogP contribution in [0.5, 0.6) is 11.5 Å². The normalized spacial score (nSPS) is 13.9. The van der Waals surface area contributed by atoms with E-state index in [0.29, 0.717) is 24.7 Å². The number of carbonyl (C=O) groups excluding carboxylic acids is 1. The van der Waals surface area contributed by atoms with E-state index in [1.165, 1.54) is 10.8 Å². The summed E-state index contributed by atoms with van der Waals surface area (Å²) in [4.78, 5) is 13.2. The predicted octanol–water partition coefficient (Wildman–Crippen LogP) is 5.82. The van der Waals surface area contributed by atoms with Gasteiger partial charge in [0.25, 0.3) is 0 Å². The Hall–Kier alpha value is -3.79. The second-order valence-electron chi connectivity index (χ2n) is 8.87. The van der Waals surface area contributed by atoms with E-state index < -0.39 is 5.41 Å². The van der Waals surface area contributed by atoms with Crippen molar-refractivity contribution < 1.29 is 14.3 Å². The molecular weight excluding hydrogens is 422 g/mol. The van der Waals surface area contributed by atoms with Crippen molar-refractivity contribution in [3.8, 4) is 11.5 Å². The van der Waals surface area contributed by atoms with Crippen LogP contribution in [0.2, 0.25) is 0 Å². The van der Waals surface area contributed by atoms with E-state index in [1.807, 2.05) is 60.7 Å². The van der Waals surface area contributed by atoms with E-state index >= 15 is 0 Å². The van der Waals surface area contributed by atoms with Gasteiger partial charge in [0.2, 0.25) is 5.91 Å². The largest absolute Gasteiger partial charge is 0.493 e. The molecular formula is C30H29NO3. The van der Waals surface area contributed by atoms with Crippen molar-refractivity contribution in [1.82, 2.24) is 5.32 Å². The minimum atomic E-state index is -0.395. The van der Waals surface area contributed by atoms with Gasteiger partial charge in [0.1, 0.15) is 6.61 Å². The molecule has 0 atom stereocenters. The van der Waals surface area contributed by atoms with Gasteiger partial charge in [0.05, 0.1) is 12.5 Å². The lowest BCUT2D eigenvalue weighted by Gasteiger charge is -2.18. The second-order valence-corrected chi connectivity index (χ2v) is 8.87. The van der Waals surface area contributed by atoms with Gasteiger partial charge in [-0.05, 0) is 58.9 Å².